The number of hydrogen-bond acceptors (Lipinski definition) is 5. The molecule has 2 aliphatic rings. The number of sulfone groups is 1. The molecule has 1 aliphatic carbocycles. The number of ketones is 1. The number of nitrogens with one attached hydrogen (secondary N) is 1. The van der Waals surface area contributed by atoms with Crippen LogP contribution in [0.25, 0.3) is 0 Å². The molecule has 0 aromatic carbocycles. The molecule has 0 radical (unpaired) electrons. The minimum Gasteiger partial charge on any atom is -0.317 e. The van der Waals surface area contributed by atoms with Crippen LogP contribution in [0.15, 0.2) is 17.2 Å². The SMILES string of the molecule is Cc1cc(C(F)(F)F)ncc1S(=O)(=O)C1C(=O)CC12CCNCC2. The molecule has 9 heteroatoms. The fourth-order valence-electron chi connectivity index (χ4n) is 3.73. The van der Waals surface area contributed by atoms with E-state index in [4.69, 9.17) is 0 Å². The molecule has 1 aliphatic heterocycles. The van der Waals surface area contributed by atoms with Gasteiger partial charge in [0, 0.05) is 18.0 Å². The first kappa shape index (κ1) is 17.3. The standard InChI is InChI=1S/C15H17F3N2O3S/c1-9-6-12(15(16,17)18)20-8-11(9)24(22,23)13-10(21)7-14(13)2-4-19-5-3-14/h6,8,13,19H,2-5,7H2,1H3. The summed E-state index contributed by atoms with van der Waals surface area (Å²) in [6.07, 6.45) is -2.57. The minimum absolute atomic E-state index is 0.0406. The molecule has 0 amide bonds. The second kappa shape index (κ2) is 5.52. The van der Waals surface area contributed by atoms with Gasteiger partial charge in [-0.3, -0.25) is 9.78 Å². The van der Waals surface area contributed by atoms with Crippen molar-refractivity contribution in [2.45, 2.75) is 42.5 Å². The lowest BCUT2D eigenvalue weighted by molar-refractivity contribution is -0.141. The molecule has 1 saturated heterocycles. The van der Waals surface area contributed by atoms with E-state index in [9.17, 15) is 26.4 Å². The number of halogens is 3. The second-order valence-corrected chi connectivity index (χ2v) is 8.51. The van der Waals surface area contributed by atoms with Crippen LogP contribution in [0.4, 0.5) is 13.2 Å². The van der Waals surface area contributed by atoms with Gasteiger partial charge in [-0.25, -0.2) is 8.42 Å². The van der Waals surface area contributed by atoms with E-state index < -0.39 is 32.4 Å². The van der Waals surface area contributed by atoms with Crippen molar-refractivity contribution in [1.29, 1.82) is 0 Å². The molecular weight excluding hydrogens is 345 g/mol. The van der Waals surface area contributed by atoms with Crippen LogP contribution in [-0.4, -0.2) is 37.5 Å². The number of nitrogens with zero attached hydrogens (tertiary/aromatic N) is 1. The molecule has 1 unspecified atom stereocenters. The molecule has 1 spiro atoms. The molecule has 5 nitrogen and oxygen atoms in total. The van der Waals surface area contributed by atoms with E-state index in [1.165, 1.54) is 6.92 Å². The summed E-state index contributed by atoms with van der Waals surface area (Å²) in [5.41, 5.74) is -1.78. The summed E-state index contributed by atoms with van der Waals surface area (Å²) < 4.78 is 64.0. The van der Waals surface area contributed by atoms with E-state index in [0.29, 0.717) is 32.0 Å². The van der Waals surface area contributed by atoms with E-state index in [1.54, 1.807) is 0 Å². The van der Waals surface area contributed by atoms with Gasteiger partial charge in [0.25, 0.3) is 0 Å². The predicted octanol–water partition coefficient (Wildman–Crippen LogP) is 1.89. The Kier molecular flexibility index (Phi) is 3.99. The van der Waals surface area contributed by atoms with Gasteiger partial charge in [-0.1, -0.05) is 0 Å². The summed E-state index contributed by atoms with van der Waals surface area (Å²) in [6.45, 7) is 2.55. The summed E-state index contributed by atoms with van der Waals surface area (Å²) in [5, 5.41) is 1.95. The third-order valence-corrected chi connectivity index (χ3v) is 7.37. The number of alkyl halides is 3. The Morgan fingerprint density at radius 1 is 1.29 bits per heavy atom. The highest BCUT2D eigenvalue weighted by atomic mass is 32.2. The van der Waals surface area contributed by atoms with E-state index in [-0.39, 0.29) is 22.7 Å². The lowest BCUT2D eigenvalue weighted by atomic mass is 9.62. The van der Waals surface area contributed by atoms with Gasteiger partial charge in [0.2, 0.25) is 0 Å². The van der Waals surface area contributed by atoms with Crippen LogP contribution < -0.4 is 5.32 Å². The third kappa shape index (κ3) is 2.63. The molecule has 1 aromatic rings. The molecule has 1 aromatic heterocycles. The van der Waals surface area contributed by atoms with E-state index >= 15 is 0 Å². The Morgan fingerprint density at radius 2 is 1.92 bits per heavy atom. The molecule has 1 N–H and O–H groups in total. The lowest BCUT2D eigenvalue weighted by Crippen LogP contribution is -2.60. The Labute approximate surface area is 137 Å². The fraction of sp³-hybridized carbons (Fsp3) is 0.600. The number of aromatic nitrogens is 1. The van der Waals surface area contributed by atoms with E-state index in [0.717, 1.165) is 6.20 Å². The minimum atomic E-state index is -4.64. The highest BCUT2D eigenvalue weighted by Gasteiger charge is 2.60. The first-order valence-corrected chi connectivity index (χ1v) is 9.14. The smallest absolute Gasteiger partial charge is 0.317 e. The van der Waals surface area contributed by atoms with Crippen molar-refractivity contribution in [3.8, 4) is 0 Å². The van der Waals surface area contributed by atoms with Gasteiger partial charge in [0.1, 0.15) is 10.9 Å². The quantitative estimate of drug-likeness (QED) is 0.870. The van der Waals surface area contributed by atoms with Gasteiger partial charge < -0.3 is 5.32 Å². The van der Waals surface area contributed by atoms with Crippen LogP contribution in [0.5, 0.6) is 0 Å². The Bertz CT molecular complexity index is 784. The molecule has 2 heterocycles. The maximum absolute atomic E-state index is 12.9. The number of piperidine rings is 1. The van der Waals surface area contributed by atoms with Crippen molar-refractivity contribution in [2.75, 3.05) is 13.1 Å². The lowest BCUT2D eigenvalue weighted by Gasteiger charge is -2.49. The number of Topliss-reactive ketones (excluding diaryl/α,β-unsaturated/α-hetero) is 1. The van der Waals surface area contributed by atoms with Crippen molar-refractivity contribution in [3.05, 3.63) is 23.5 Å². The first-order chi connectivity index (χ1) is 11.1. The summed E-state index contributed by atoms with van der Waals surface area (Å²) >= 11 is 0. The van der Waals surface area contributed by atoms with Crippen LogP contribution >= 0.6 is 0 Å². The molecule has 2 fully saturated rings. The molecule has 1 atom stereocenters. The third-order valence-electron chi connectivity index (χ3n) is 4.94. The van der Waals surface area contributed by atoms with Crippen molar-refractivity contribution in [3.63, 3.8) is 0 Å². The number of pyridine rings is 1. The fourth-order valence-corrected chi connectivity index (χ4v) is 6.10. The monoisotopic (exact) mass is 362 g/mol. The van der Waals surface area contributed by atoms with Crippen LogP contribution in [0.1, 0.15) is 30.5 Å². The summed E-state index contributed by atoms with van der Waals surface area (Å²) in [4.78, 5) is 15.0. The number of carbonyl (C=O) groups is 1. The van der Waals surface area contributed by atoms with Crippen molar-refractivity contribution in [1.82, 2.24) is 10.3 Å². The van der Waals surface area contributed by atoms with Gasteiger partial charge in [-0.15, -0.1) is 0 Å². The van der Waals surface area contributed by atoms with Gasteiger partial charge >= 0.3 is 6.18 Å². The second-order valence-electron chi connectivity index (χ2n) is 6.51. The van der Waals surface area contributed by atoms with Crippen molar-refractivity contribution >= 4 is 15.6 Å². The van der Waals surface area contributed by atoms with Gasteiger partial charge in [0.05, 0.1) is 4.90 Å². The largest absolute Gasteiger partial charge is 0.433 e. The molecular formula is C15H17F3N2O3S. The number of carbonyl (C=O) groups excluding carboxylic acids is 1. The Morgan fingerprint density at radius 3 is 2.42 bits per heavy atom. The number of rotatable bonds is 2. The highest BCUT2D eigenvalue weighted by Crippen LogP contribution is 2.50. The van der Waals surface area contributed by atoms with Crippen LogP contribution in [-0.2, 0) is 20.8 Å². The zero-order chi connectivity index (χ0) is 17.8. The zero-order valence-electron chi connectivity index (χ0n) is 13.0. The number of hydrogen-bond donors (Lipinski definition) is 1. The van der Waals surface area contributed by atoms with Crippen LogP contribution in [0, 0.1) is 12.3 Å². The average Bonchev–Trinajstić information content (AvgIpc) is 2.45. The number of aryl methyl sites for hydroxylation is 1. The molecule has 0 bridgehead atoms. The zero-order valence-corrected chi connectivity index (χ0v) is 13.8. The van der Waals surface area contributed by atoms with Crippen LogP contribution in [0.3, 0.4) is 0 Å². The van der Waals surface area contributed by atoms with Gasteiger partial charge in [-0.2, -0.15) is 13.2 Å². The van der Waals surface area contributed by atoms with E-state index in [2.05, 4.69) is 10.3 Å². The summed E-state index contributed by atoms with van der Waals surface area (Å²) in [5.74, 6) is -0.365. The van der Waals surface area contributed by atoms with E-state index in [1.807, 2.05) is 0 Å². The molecule has 1 saturated carbocycles. The molecule has 3 rings (SSSR count). The van der Waals surface area contributed by atoms with Crippen molar-refractivity contribution in [2.24, 2.45) is 5.41 Å². The maximum Gasteiger partial charge on any atom is 0.433 e. The van der Waals surface area contributed by atoms with Gasteiger partial charge in [-0.05, 0) is 44.5 Å². The molecule has 24 heavy (non-hydrogen) atoms. The predicted molar refractivity (Wildman–Crippen MR) is 79.1 cm³/mol. The summed E-state index contributed by atoms with van der Waals surface area (Å²) in [7, 11) is -4.06. The first-order valence-electron chi connectivity index (χ1n) is 7.59. The molecule has 132 valence electrons. The normalized spacial score (nSPS) is 24.0. The topological polar surface area (TPSA) is 76.1 Å². The maximum atomic E-state index is 12.9. The van der Waals surface area contributed by atoms with Gasteiger partial charge in [0.15, 0.2) is 15.6 Å². The average molecular weight is 362 g/mol. The highest BCUT2D eigenvalue weighted by molar-refractivity contribution is 7.93. The van der Waals surface area contributed by atoms with Crippen molar-refractivity contribution < 1.29 is 26.4 Å². The summed E-state index contributed by atoms with van der Waals surface area (Å²) in [6, 6.07) is 0.713. The Balaban J connectivity index is 2.00. The van der Waals surface area contributed by atoms with Crippen LogP contribution in [0.2, 0.25) is 0 Å². The Hall–Kier alpha value is -1.48.